The summed E-state index contributed by atoms with van der Waals surface area (Å²) in [6, 6.07) is 11.1. The number of ether oxygens (including phenoxy) is 1. The van der Waals surface area contributed by atoms with Crippen LogP contribution in [0.5, 0.6) is 0 Å². The zero-order valence-electron chi connectivity index (χ0n) is 15.5. The largest absolute Gasteiger partial charge is 0.445 e. The summed E-state index contributed by atoms with van der Waals surface area (Å²) in [5, 5.41) is 0. The Balaban J connectivity index is 1.44. The fourth-order valence-corrected chi connectivity index (χ4v) is 5.42. The van der Waals surface area contributed by atoms with Crippen molar-refractivity contribution in [2.75, 3.05) is 6.54 Å². The number of amides is 1. The lowest BCUT2D eigenvalue weighted by Gasteiger charge is -2.41. The third kappa shape index (κ3) is 3.05. The third-order valence-corrected chi connectivity index (χ3v) is 6.56. The van der Waals surface area contributed by atoms with Crippen molar-refractivity contribution in [3.63, 3.8) is 0 Å². The maximum atomic E-state index is 12.8. The zero-order chi connectivity index (χ0) is 17.4. The first-order chi connectivity index (χ1) is 12.1. The van der Waals surface area contributed by atoms with Crippen LogP contribution >= 0.6 is 0 Å². The Morgan fingerprint density at radius 3 is 2.72 bits per heavy atom. The SMILES string of the molecule is CC1(C)N(C(=O)OCc2ccccc2)C[C@@H]2C[C@@H]3CCCCC[C@H]3N21. The molecule has 25 heavy (non-hydrogen) atoms. The van der Waals surface area contributed by atoms with E-state index in [1.807, 2.05) is 35.2 Å². The van der Waals surface area contributed by atoms with Crippen molar-refractivity contribution in [2.45, 2.75) is 76.7 Å². The Kier molecular flexibility index (Phi) is 4.48. The molecule has 1 aromatic carbocycles. The number of nitrogens with zero attached hydrogens (tertiary/aromatic N) is 2. The Bertz CT molecular complexity index is 616. The van der Waals surface area contributed by atoms with Gasteiger partial charge in [-0.1, -0.05) is 49.6 Å². The van der Waals surface area contributed by atoms with Gasteiger partial charge in [0.15, 0.2) is 0 Å². The topological polar surface area (TPSA) is 32.8 Å². The van der Waals surface area contributed by atoms with Crippen molar-refractivity contribution in [1.29, 1.82) is 0 Å². The van der Waals surface area contributed by atoms with E-state index < -0.39 is 0 Å². The van der Waals surface area contributed by atoms with Crippen LogP contribution in [0.2, 0.25) is 0 Å². The molecule has 0 aromatic heterocycles. The number of hydrogen-bond donors (Lipinski definition) is 0. The van der Waals surface area contributed by atoms with Gasteiger partial charge in [0.25, 0.3) is 0 Å². The van der Waals surface area contributed by atoms with Crippen LogP contribution in [-0.2, 0) is 11.3 Å². The Morgan fingerprint density at radius 2 is 1.92 bits per heavy atom. The van der Waals surface area contributed by atoms with Gasteiger partial charge in [-0.05, 0) is 44.6 Å². The molecule has 0 unspecified atom stereocenters. The third-order valence-electron chi connectivity index (χ3n) is 6.56. The molecular weight excluding hydrogens is 312 g/mol. The number of carbonyl (C=O) groups is 1. The maximum absolute atomic E-state index is 12.8. The summed E-state index contributed by atoms with van der Waals surface area (Å²) in [5.41, 5.74) is 0.791. The van der Waals surface area contributed by atoms with Crippen molar-refractivity contribution < 1.29 is 9.53 Å². The molecule has 4 heteroatoms. The van der Waals surface area contributed by atoms with E-state index in [0.717, 1.165) is 18.0 Å². The molecule has 2 heterocycles. The van der Waals surface area contributed by atoms with Crippen molar-refractivity contribution in [3.8, 4) is 0 Å². The van der Waals surface area contributed by atoms with Gasteiger partial charge in [-0.3, -0.25) is 9.80 Å². The van der Waals surface area contributed by atoms with E-state index in [1.165, 1.54) is 38.5 Å². The molecule has 2 saturated heterocycles. The van der Waals surface area contributed by atoms with Crippen LogP contribution in [0.15, 0.2) is 30.3 Å². The predicted molar refractivity (Wildman–Crippen MR) is 98.0 cm³/mol. The van der Waals surface area contributed by atoms with Gasteiger partial charge in [0.05, 0.1) is 5.66 Å². The molecule has 1 aliphatic carbocycles. The van der Waals surface area contributed by atoms with Gasteiger partial charge < -0.3 is 4.74 Å². The molecule has 1 amide bonds. The standard InChI is InChI=1S/C21H30N2O2/c1-21(2)22(20(24)25-15-16-9-5-3-6-10-16)14-18-13-17-11-7-4-8-12-19(17)23(18)21/h3,5-6,9-10,17-19H,4,7-8,11-15H2,1-2H3/t17-,18-,19+/m0/s1. The molecule has 3 atom stereocenters. The minimum atomic E-state index is -0.248. The van der Waals surface area contributed by atoms with E-state index in [4.69, 9.17) is 4.74 Å². The van der Waals surface area contributed by atoms with Crippen LogP contribution in [0.3, 0.4) is 0 Å². The number of hydrogen-bond acceptors (Lipinski definition) is 3. The molecular formula is C21H30N2O2. The van der Waals surface area contributed by atoms with Crippen LogP contribution in [0.4, 0.5) is 4.79 Å². The lowest BCUT2D eigenvalue weighted by atomic mass is 9.93. The van der Waals surface area contributed by atoms with Gasteiger partial charge in [-0.25, -0.2) is 4.79 Å². The van der Waals surface area contributed by atoms with Crippen LogP contribution in [0, 0.1) is 5.92 Å². The first-order valence-electron chi connectivity index (χ1n) is 9.84. The van der Waals surface area contributed by atoms with Crippen molar-refractivity contribution >= 4 is 6.09 Å². The summed E-state index contributed by atoms with van der Waals surface area (Å²) in [4.78, 5) is 17.4. The van der Waals surface area contributed by atoms with Crippen molar-refractivity contribution in [3.05, 3.63) is 35.9 Å². The second kappa shape index (κ2) is 6.64. The first-order valence-corrected chi connectivity index (χ1v) is 9.84. The summed E-state index contributed by atoms with van der Waals surface area (Å²) in [6.07, 6.45) is 7.81. The quantitative estimate of drug-likeness (QED) is 0.799. The minimum absolute atomic E-state index is 0.173. The molecule has 4 nitrogen and oxygen atoms in total. The lowest BCUT2D eigenvalue weighted by Crippen LogP contribution is -2.54. The van der Waals surface area contributed by atoms with E-state index in [-0.39, 0.29) is 11.8 Å². The van der Waals surface area contributed by atoms with Crippen LogP contribution < -0.4 is 0 Å². The van der Waals surface area contributed by atoms with Crippen LogP contribution in [0.1, 0.15) is 57.9 Å². The molecule has 2 aliphatic heterocycles. The molecule has 0 bridgehead atoms. The van der Waals surface area contributed by atoms with Gasteiger partial charge in [0, 0.05) is 18.6 Å². The number of fused-ring (bicyclic) bond motifs is 3. The molecule has 0 spiro atoms. The summed E-state index contributed by atoms with van der Waals surface area (Å²) < 4.78 is 5.63. The fourth-order valence-electron chi connectivity index (χ4n) is 5.42. The van der Waals surface area contributed by atoms with E-state index in [2.05, 4.69) is 18.7 Å². The smallest absolute Gasteiger partial charge is 0.411 e. The minimum Gasteiger partial charge on any atom is -0.445 e. The Hall–Kier alpha value is -1.55. The second-order valence-corrected chi connectivity index (χ2v) is 8.41. The molecule has 1 aromatic rings. The first kappa shape index (κ1) is 16.9. The highest BCUT2D eigenvalue weighted by Crippen LogP contribution is 2.47. The zero-order valence-corrected chi connectivity index (χ0v) is 15.5. The van der Waals surface area contributed by atoms with E-state index in [0.29, 0.717) is 18.7 Å². The van der Waals surface area contributed by atoms with Gasteiger partial charge in [-0.2, -0.15) is 0 Å². The van der Waals surface area contributed by atoms with E-state index in [9.17, 15) is 4.79 Å². The molecule has 3 aliphatic rings. The molecule has 0 radical (unpaired) electrons. The highest BCUT2D eigenvalue weighted by atomic mass is 16.6. The van der Waals surface area contributed by atoms with Crippen molar-refractivity contribution in [2.24, 2.45) is 5.92 Å². The molecule has 1 saturated carbocycles. The Morgan fingerprint density at radius 1 is 1.16 bits per heavy atom. The summed E-state index contributed by atoms with van der Waals surface area (Å²) in [5.74, 6) is 0.828. The lowest BCUT2D eigenvalue weighted by molar-refractivity contribution is 0.00487. The van der Waals surface area contributed by atoms with E-state index >= 15 is 0 Å². The summed E-state index contributed by atoms with van der Waals surface area (Å²) in [6.45, 7) is 5.56. The van der Waals surface area contributed by atoms with Crippen LogP contribution in [0.25, 0.3) is 0 Å². The molecule has 3 fully saturated rings. The summed E-state index contributed by atoms with van der Waals surface area (Å²) in [7, 11) is 0. The Labute approximate surface area is 151 Å². The monoisotopic (exact) mass is 342 g/mol. The van der Waals surface area contributed by atoms with Gasteiger partial charge >= 0.3 is 6.09 Å². The van der Waals surface area contributed by atoms with Gasteiger partial charge in [-0.15, -0.1) is 0 Å². The molecule has 0 N–H and O–H groups in total. The number of rotatable bonds is 2. The molecule has 4 rings (SSSR count). The summed E-state index contributed by atoms with van der Waals surface area (Å²) >= 11 is 0. The van der Waals surface area contributed by atoms with E-state index in [1.54, 1.807) is 0 Å². The highest BCUT2D eigenvalue weighted by molar-refractivity contribution is 5.69. The highest BCUT2D eigenvalue weighted by Gasteiger charge is 2.56. The van der Waals surface area contributed by atoms with Gasteiger partial charge in [0.2, 0.25) is 0 Å². The maximum Gasteiger partial charge on any atom is 0.411 e. The second-order valence-electron chi connectivity index (χ2n) is 8.41. The molecule has 136 valence electrons. The number of benzene rings is 1. The fraction of sp³-hybridized carbons (Fsp3) is 0.667. The van der Waals surface area contributed by atoms with Crippen LogP contribution in [-0.4, -0.2) is 40.2 Å². The number of carbonyl (C=O) groups excluding carboxylic acids is 1. The van der Waals surface area contributed by atoms with Gasteiger partial charge in [0.1, 0.15) is 6.61 Å². The predicted octanol–water partition coefficient (Wildman–Crippen LogP) is 4.40. The normalized spacial score (nSPS) is 31.3. The van der Waals surface area contributed by atoms with Crippen molar-refractivity contribution in [1.82, 2.24) is 9.80 Å². The average molecular weight is 342 g/mol. The average Bonchev–Trinajstić information content (AvgIpc) is 2.98.